The summed E-state index contributed by atoms with van der Waals surface area (Å²) < 4.78 is 10.6. The van der Waals surface area contributed by atoms with Gasteiger partial charge in [0.2, 0.25) is 0 Å². The molecule has 1 aliphatic heterocycles. The second-order valence-corrected chi connectivity index (χ2v) is 4.53. The van der Waals surface area contributed by atoms with Gasteiger partial charge in [-0.2, -0.15) is 0 Å². The van der Waals surface area contributed by atoms with Crippen LogP contribution in [-0.4, -0.2) is 48.8 Å². The van der Waals surface area contributed by atoms with Crippen LogP contribution in [0.4, 0.5) is 0 Å². The minimum Gasteiger partial charge on any atom is -0.484 e. The van der Waals surface area contributed by atoms with E-state index in [1.54, 1.807) is 36.1 Å². The Bertz CT molecular complexity index is 410. The first-order valence-electron chi connectivity index (χ1n) is 6.43. The Morgan fingerprint density at radius 3 is 2.58 bits per heavy atom. The zero-order valence-electron chi connectivity index (χ0n) is 11.0. The van der Waals surface area contributed by atoms with Crippen LogP contribution in [0.1, 0.15) is 18.6 Å². The van der Waals surface area contributed by atoms with E-state index in [9.17, 15) is 9.90 Å². The Hall–Kier alpha value is -1.59. The molecule has 1 fully saturated rings. The van der Waals surface area contributed by atoms with Gasteiger partial charge in [0.1, 0.15) is 5.75 Å². The smallest absolute Gasteiger partial charge is 0.260 e. The van der Waals surface area contributed by atoms with Crippen LogP contribution < -0.4 is 4.74 Å². The van der Waals surface area contributed by atoms with Gasteiger partial charge in [0.15, 0.2) is 6.61 Å². The fourth-order valence-corrected chi connectivity index (χ4v) is 1.89. The molecule has 0 aromatic heterocycles. The quantitative estimate of drug-likeness (QED) is 0.881. The van der Waals surface area contributed by atoms with E-state index >= 15 is 0 Å². The van der Waals surface area contributed by atoms with Gasteiger partial charge in [-0.15, -0.1) is 0 Å². The molecule has 0 unspecified atom stereocenters. The molecule has 1 amide bonds. The van der Waals surface area contributed by atoms with Crippen LogP contribution >= 0.6 is 0 Å². The lowest BCUT2D eigenvalue weighted by Crippen LogP contribution is -2.42. The van der Waals surface area contributed by atoms with Gasteiger partial charge < -0.3 is 19.5 Å². The molecule has 1 aliphatic rings. The van der Waals surface area contributed by atoms with Crippen molar-refractivity contribution in [1.29, 1.82) is 0 Å². The molecular formula is C14H19NO4. The molecule has 1 N–H and O–H groups in total. The minimum atomic E-state index is -0.496. The van der Waals surface area contributed by atoms with Crippen molar-refractivity contribution >= 4 is 5.91 Å². The molecule has 5 nitrogen and oxygen atoms in total. The van der Waals surface area contributed by atoms with Gasteiger partial charge in [-0.05, 0) is 24.6 Å². The number of hydrogen-bond acceptors (Lipinski definition) is 4. The number of carbonyl (C=O) groups is 1. The summed E-state index contributed by atoms with van der Waals surface area (Å²) in [5.74, 6) is 0.605. The lowest BCUT2D eigenvalue weighted by Gasteiger charge is -2.26. The summed E-state index contributed by atoms with van der Waals surface area (Å²) in [5, 5.41) is 9.39. The molecule has 1 heterocycles. The first kappa shape index (κ1) is 13.8. The van der Waals surface area contributed by atoms with Gasteiger partial charge in [-0.25, -0.2) is 0 Å². The third-order valence-corrected chi connectivity index (χ3v) is 3.09. The third kappa shape index (κ3) is 3.94. The molecule has 0 radical (unpaired) electrons. The average molecular weight is 265 g/mol. The molecule has 1 saturated heterocycles. The van der Waals surface area contributed by atoms with Crippen LogP contribution in [0.25, 0.3) is 0 Å². The second-order valence-electron chi connectivity index (χ2n) is 4.53. The highest BCUT2D eigenvalue weighted by Crippen LogP contribution is 2.17. The largest absolute Gasteiger partial charge is 0.484 e. The number of benzene rings is 1. The third-order valence-electron chi connectivity index (χ3n) is 3.09. The lowest BCUT2D eigenvalue weighted by molar-refractivity contribution is -0.137. The van der Waals surface area contributed by atoms with Crippen molar-refractivity contribution in [2.45, 2.75) is 13.0 Å². The molecular weight excluding hydrogens is 246 g/mol. The van der Waals surface area contributed by atoms with Gasteiger partial charge in [-0.1, -0.05) is 12.1 Å². The highest BCUT2D eigenvalue weighted by molar-refractivity contribution is 5.77. The zero-order chi connectivity index (χ0) is 13.7. The summed E-state index contributed by atoms with van der Waals surface area (Å²) in [5.41, 5.74) is 0.826. The van der Waals surface area contributed by atoms with E-state index < -0.39 is 6.10 Å². The Labute approximate surface area is 112 Å². The molecule has 0 aliphatic carbocycles. The molecule has 0 bridgehead atoms. The number of aliphatic hydroxyl groups is 1. The predicted octanol–water partition coefficient (Wildman–Crippen LogP) is 0.978. The number of rotatable bonds is 4. The number of aliphatic hydroxyl groups excluding tert-OH is 1. The van der Waals surface area contributed by atoms with E-state index in [1.165, 1.54) is 0 Å². The fourth-order valence-electron chi connectivity index (χ4n) is 1.89. The van der Waals surface area contributed by atoms with E-state index in [0.29, 0.717) is 32.1 Å². The summed E-state index contributed by atoms with van der Waals surface area (Å²) in [7, 11) is 0. The van der Waals surface area contributed by atoms with Crippen molar-refractivity contribution in [3.05, 3.63) is 29.8 Å². The number of morpholine rings is 1. The van der Waals surface area contributed by atoms with Crippen LogP contribution in [0.5, 0.6) is 5.75 Å². The van der Waals surface area contributed by atoms with Crippen molar-refractivity contribution in [3.63, 3.8) is 0 Å². The normalized spacial score (nSPS) is 17.1. The summed E-state index contributed by atoms with van der Waals surface area (Å²) >= 11 is 0. The number of nitrogens with zero attached hydrogens (tertiary/aromatic N) is 1. The van der Waals surface area contributed by atoms with E-state index in [1.807, 2.05) is 0 Å². The predicted molar refractivity (Wildman–Crippen MR) is 70.0 cm³/mol. The SMILES string of the molecule is C[C@@H](O)c1ccc(OCC(=O)N2CCOCC2)cc1. The molecule has 104 valence electrons. The Morgan fingerprint density at radius 2 is 2.00 bits per heavy atom. The highest BCUT2D eigenvalue weighted by atomic mass is 16.5. The first-order valence-corrected chi connectivity index (χ1v) is 6.43. The maximum absolute atomic E-state index is 11.9. The van der Waals surface area contributed by atoms with Crippen molar-refractivity contribution < 1.29 is 19.4 Å². The number of amides is 1. The van der Waals surface area contributed by atoms with Crippen molar-refractivity contribution in [3.8, 4) is 5.75 Å². The summed E-state index contributed by atoms with van der Waals surface area (Å²) in [6, 6.07) is 7.10. The summed E-state index contributed by atoms with van der Waals surface area (Å²) in [4.78, 5) is 13.6. The monoisotopic (exact) mass is 265 g/mol. The number of carbonyl (C=O) groups excluding carboxylic acids is 1. The highest BCUT2D eigenvalue weighted by Gasteiger charge is 2.17. The van der Waals surface area contributed by atoms with Crippen LogP contribution in [-0.2, 0) is 9.53 Å². The topological polar surface area (TPSA) is 59.0 Å². The molecule has 0 spiro atoms. The molecule has 2 rings (SSSR count). The van der Waals surface area contributed by atoms with Gasteiger partial charge >= 0.3 is 0 Å². The van der Waals surface area contributed by atoms with Gasteiger partial charge in [0.05, 0.1) is 19.3 Å². The molecule has 1 aromatic rings. The summed E-state index contributed by atoms with van der Waals surface area (Å²) in [6.45, 7) is 4.18. The van der Waals surface area contributed by atoms with Crippen LogP contribution in [0, 0.1) is 0 Å². The molecule has 0 saturated carbocycles. The van der Waals surface area contributed by atoms with Gasteiger partial charge in [-0.3, -0.25) is 4.79 Å². The Kier molecular flexibility index (Phi) is 4.76. The Balaban J connectivity index is 1.82. The van der Waals surface area contributed by atoms with E-state index in [2.05, 4.69) is 0 Å². The van der Waals surface area contributed by atoms with Gasteiger partial charge in [0.25, 0.3) is 5.91 Å². The van der Waals surface area contributed by atoms with Crippen molar-refractivity contribution in [2.24, 2.45) is 0 Å². The number of ether oxygens (including phenoxy) is 2. The molecule has 1 aromatic carbocycles. The van der Waals surface area contributed by atoms with Gasteiger partial charge in [0, 0.05) is 13.1 Å². The average Bonchev–Trinajstić information content (AvgIpc) is 2.46. The number of hydrogen-bond donors (Lipinski definition) is 1. The maximum Gasteiger partial charge on any atom is 0.260 e. The second kappa shape index (κ2) is 6.54. The molecule has 5 heteroatoms. The molecule has 19 heavy (non-hydrogen) atoms. The fraction of sp³-hybridized carbons (Fsp3) is 0.500. The Morgan fingerprint density at radius 1 is 1.37 bits per heavy atom. The van der Waals surface area contributed by atoms with Crippen LogP contribution in [0.2, 0.25) is 0 Å². The van der Waals surface area contributed by atoms with Crippen molar-refractivity contribution in [1.82, 2.24) is 4.90 Å². The van der Waals surface area contributed by atoms with Crippen molar-refractivity contribution in [2.75, 3.05) is 32.9 Å². The van der Waals surface area contributed by atoms with E-state index in [4.69, 9.17) is 9.47 Å². The van der Waals surface area contributed by atoms with Crippen LogP contribution in [0.3, 0.4) is 0 Å². The summed E-state index contributed by atoms with van der Waals surface area (Å²) in [6.07, 6.45) is -0.496. The standard InChI is InChI=1S/C14H19NO4/c1-11(16)12-2-4-13(5-3-12)19-10-14(17)15-6-8-18-9-7-15/h2-5,11,16H,6-10H2,1H3/t11-/m1/s1. The first-order chi connectivity index (χ1) is 9.16. The minimum absolute atomic E-state index is 0.0251. The van der Waals surface area contributed by atoms with E-state index in [0.717, 1.165) is 5.56 Å². The zero-order valence-corrected chi connectivity index (χ0v) is 11.0. The lowest BCUT2D eigenvalue weighted by atomic mass is 10.1. The molecule has 1 atom stereocenters. The van der Waals surface area contributed by atoms with Crippen LogP contribution in [0.15, 0.2) is 24.3 Å². The van der Waals surface area contributed by atoms with E-state index in [-0.39, 0.29) is 12.5 Å². The maximum atomic E-state index is 11.9.